The van der Waals surface area contributed by atoms with E-state index in [0.717, 1.165) is 39.8 Å². The number of nitrogens with one attached hydrogen (secondary N) is 1. The van der Waals surface area contributed by atoms with Gasteiger partial charge in [0.05, 0.1) is 18.5 Å². The van der Waals surface area contributed by atoms with Gasteiger partial charge in [-0.25, -0.2) is 4.98 Å². The van der Waals surface area contributed by atoms with E-state index in [2.05, 4.69) is 16.4 Å². The minimum Gasteiger partial charge on any atom is -0.495 e. The van der Waals surface area contributed by atoms with Gasteiger partial charge in [0.25, 0.3) is 0 Å². The maximum atomic E-state index is 10.9. The molecule has 0 fully saturated rings. The number of pyridine rings is 1. The third kappa shape index (κ3) is 2.39. The predicted octanol–water partition coefficient (Wildman–Crippen LogP) is 3.76. The second-order valence-corrected chi connectivity index (χ2v) is 4.89. The molecule has 22 heavy (non-hydrogen) atoms. The molecule has 0 amide bonds. The number of anilines is 1. The summed E-state index contributed by atoms with van der Waals surface area (Å²) in [6.45, 7) is 0. The van der Waals surface area contributed by atoms with Gasteiger partial charge in [0.15, 0.2) is 6.29 Å². The lowest BCUT2D eigenvalue weighted by atomic mass is 10.0. The van der Waals surface area contributed by atoms with E-state index < -0.39 is 0 Å². The van der Waals surface area contributed by atoms with E-state index in [9.17, 15) is 4.79 Å². The number of carbonyl (C=O) groups is 1. The van der Waals surface area contributed by atoms with Gasteiger partial charge in [0.1, 0.15) is 11.4 Å². The fourth-order valence-corrected chi connectivity index (χ4v) is 2.56. The molecule has 0 saturated heterocycles. The molecular weight excluding hydrogens is 276 g/mol. The van der Waals surface area contributed by atoms with Crippen LogP contribution in [0.3, 0.4) is 0 Å². The van der Waals surface area contributed by atoms with Gasteiger partial charge in [-0.05, 0) is 29.7 Å². The van der Waals surface area contributed by atoms with Gasteiger partial charge in [-0.2, -0.15) is 0 Å². The van der Waals surface area contributed by atoms with E-state index >= 15 is 0 Å². The Morgan fingerprint density at radius 3 is 2.68 bits per heavy atom. The van der Waals surface area contributed by atoms with Crippen molar-refractivity contribution in [1.82, 2.24) is 4.98 Å². The number of benzene rings is 2. The first kappa shape index (κ1) is 14.1. The average Bonchev–Trinajstić information content (AvgIpc) is 2.60. The molecule has 0 aliphatic heterocycles. The quantitative estimate of drug-likeness (QED) is 0.744. The van der Waals surface area contributed by atoms with Crippen molar-refractivity contribution in [1.29, 1.82) is 0 Å². The second-order valence-electron chi connectivity index (χ2n) is 4.89. The lowest BCUT2D eigenvalue weighted by Gasteiger charge is -2.12. The molecular formula is C18H16N2O2. The molecule has 4 heteroatoms. The summed E-state index contributed by atoms with van der Waals surface area (Å²) in [4.78, 5) is 15.2. The Labute approximate surface area is 128 Å². The first-order chi connectivity index (χ1) is 10.8. The number of aldehydes is 1. The molecule has 110 valence electrons. The standard InChI is InChI=1S/C18H16N2O2/c1-19-18-15-10-13(16-5-3-4-14(11-21)20-16)7-6-12(15)8-9-17(18)22-2/h3-11,19H,1-2H3. The molecule has 3 aromatic rings. The first-order valence-electron chi connectivity index (χ1n) is 6.98. The number of fused-ring (bicyclic) bond motifs is 1. The van der Waals surface area contributed by atoms with Crippen molar-refractivity contribution in [2.24, 2.45) is 0 Å². The summed E-state index contributed by atoms with van der Waals surface area (Å²) in [7, 11) is 3.52. The lowest BCUT2D eigenvalue weighted by Crippen LogP contribution is -1.95. The highest BCUT2D eigenvalue weighted by molar-refractivity contribution is 5.99. The van der Waals surface area contributed by atoms with E-state index in [1.807, 2.05) is 43.4 Å². The van der Waals surface area contributed by atoms with Crippen LogP contribution in [0.15, 0.2) is 48.5 Å². The predicted molar refractivity (Wildman–Crippen MR) is 88.7 cm³/mol. The number of rotatable bonds is 4. The summed E-state index contributed by atoms with van der Waals surface area (Å²) < 4.78 is 5.40. The number of hydrogen-bond donors (Lipinski definition) is 1. The molecule has 4 nitrogen and oxygen atoms in total. The second kappa shape index (κ2) is 5.85. The van der Waals surface area contributed by atoms with Crippen LogP contribution in [-0.2, 0) is 0 Å². The van der Waals surface area contributed by atoms with Crippen molar-refractivity contribution in [3.63, 3.8) is 0 Å². The Hall–Kier alpha value is -2.88. The van der Waals surface area contributed by atoms with Crippen molar-refractivity contribution < 1.29 is 9.53 Å². The SMILES string of the molecule is CNc1c(OC)ccc2ccc(-c3cccc(C=O)n3)cc12. The van der Waals surface area contributed by atoms with Crippen LogP contribution in [0.25, 0.3) is 22.0 Å². The van der Waals surface area contributed by atoms with Crippen LogP contribution in [0.2, 0.25) is 0 Å². The van der Waals surface area contributed by atoms with E-state index in [0.29, 0.717) is 5.69 Å². The third-order valence-corrected chi connectivity index (χ3v) is 3.64. The molecule has 3 rings (SSSR count). The Bertz CT molecular complexity index is 844. The fraction of sp³-hybridized carbons (Fsp3) is 0.111. The monoisotopic (exact) mass is 292 g/mol. The maximum absolute atomic E-state index is 10.9. The Morgan fingerprint density at radius 2 is 1.95 bits per heavy atom. The summed E-state index contributed by atoms with van der Waals surface area (Å²) in [6, 6.07) is 15.5. The van der Waals surface area contributed by atoms with Gasteiger partial charge in [-0.1, -0.05) is 24.3 Å². The molecule has 0 bridgehead atoms. The van der Waals surface area contributed by atoms with Gasteiger partial charge in [-0.3, -0.25) is 4.79 Å². The number of nitrogens with zero attached hydrogens (tertiary/aromatic N) is 1. The number of hydrogen-bond acceptors (Lipinski definition) is 4. The van der Waals surface area contributed by atoms with Crippen molar-refractivity contribution in [3.8, 4) is 17.0 Å². The van der Waals surface area contributed by atoms with Gasteiger partial charge in [-0.15, -0.1) is 0 Å². The number of ether oxygens (including phenoxy) is 1. The normalized spacial score (nSPS) is 10.5. The van der Waals surface area contributed by atoms with E-state index in [1.165, 1.54) is 0 Å². The van der Waals surface area contributed by atoms with Crippen LogP contribution >= 0.6 is 0 Å². The largest absolute Gasteiger partial charge is 0.495 e. The van der Waals surface area contributed by atoms with Gasteiger partial charge >= 0.3 is 0 Å². The summed E-state index contributed by atoms with van der Waals surface area (Å²) in [6.07, 6.45) is 0.757. The molecule has 0 unspecified atom stereocenters. The third-order valence-electron chi connectivity index (χ3n) is 3.64. The number of carbonyl (C=O) groups excluding carboxylic acids is 1. The highest BCUT2D eigenvalue weighted by Crippen LogP contribution is 2.35. The lowest BCUT2D eigenvalue weighted by molar-refractivity contribution is 0.111. The zero-order chi connectivity index (χ0) is 15.5. The van der Waals surface area contributed by atoms with Crippen LogP contribution in [0.4, 0.5) is 5.69 Å². The number of aromatic nitrogens is 1. The number of methoxy groups -OCH3 is 1. The van der Waals surface area contributed by atoms with Gasteiger partial charge in [0.2, 0.25) is 0 Å². The van der Waals surface area contributed by atoms with Crippen LogP contribution in [0.5, 0.6) is 5.75 Å². The topological polar surface area (TPSA) is 51.2 Å². The van der Waals surface area contributed by atoms with E-state index in [1.54, 1.807) is 13.2 Å². The zero-order valence-electron chi connectivity index (χ0n) is 12.5. The molecule has 0 aliphatic carbocycles. The minimum atomic E-state index is 0.428. The van der Waals surface area contributed by atoms with Crippen molar-refractivity contribution in [3.05, 3.63) is 54.2 Å². The van der Waals surface area contributed by atoms with Crippen molar-refractivity contribution >= 4 is 22.7 Å². The Kier molecular flexibility index (Phi) is 3.74. The molecule has 0 saturated carbocycles. The zero-order valence-corrected chi connectivity index (χ0v) is 12.5. The van der Waals surface area contributed by atoms with Gasteiger partial charge in [0, 0.05) is 18.0 Å². The molecule has 0 spiro atoms. The van der Waals surface area contributed by atoms with Crippen LogP contribution < -0.4 is 10.1 Å². The van der Waals surface area contributed by atoms with E-state index in [-0.39, 0.29) is 0 Å². The summed E-state index contributed by atoms with van der Waals surface area (Å²) in [5.41, 5.74) is 3.10. The molecule has 1 N–H and O–H groups in total. The molecule has 1 aromatic heterocycles. The van der Waals surface area contributed by atoms with Crippen LogP contribution in [0.1, 0.15) is 10.5 Å². The molecule has 0 radical (unpaired) electrons. The summed E-state index contributed by atoms with van der Waals surface area (Å²) in [5, 5.41) is 5.35. The average molecular weight is 292 g/mol. The van der Waals surface area contributed by atoms with Gasteiger partial charge < -0.3 is 10.1 Å². The van der Waals surface area contributed by atoms with Crippen LogP contribution in [-0.4, -0.2) is 25.4 Å². The fourth-order valence-electron chi connectivity index (χ4n) is 2.56. The summed E-state index contributed by atoms with van der Waals surface area (Å²) >= 11 is 0. The first-order valence-corrected chi connectivity index (χ1v) is 6.98. The minimum absolute atomic E-state index is 0.428. The maximum Gasteiger partial charge on any atom is 0.168 e. The van der Waals surface area contributed by atoms with Crippen molar-refractivity contribution in [2.45, 2.75) is 0 Å². The smallest absolute Gasteiger partial charge is 0.168 e. The highest BCUT2D eigenvalue weighted by atomic mass is 16.5. The highest BCUT2D eigenvalue weighted by Gasteiger charge is 2.09. The van der Waals surface area contributed by atoms with Crippen LogP contribution in [0, 0.1) is 0 Å². The molecule has 0 atom stereocenters. The molecule has 0 aliphatic rings. The summed E-state index contributed by atoms with van der Waals surface area (Å²) in [5.74, 6) is 0.793. The Balaban J connectivity index is 2.21. The Morgan fingerprint density at radius 1 is 1.14 bits per heavy atom. The molecule has 1 heterocycles. The van der Waals surface area contributed by atoms with Crippen molar-refractivity contribution in [2.75, 3.05) is 19.5 Å². The molecule has 2 aromatic carbocycles. The van der Waals surface area contributed by atoms with E-state index in [4.69, 9.17) is 4.74 Å².